The van der Waals surface area contributed by atoms with Crippen molar-refractivity contribution in [1.82, 2.24) is 24.2 Å². The molecule has 0 amide bonds. The molecule has 1 unspecified atom stereocenters. The van der Waals surface area contributed by atoms with Crippen LogP contribution in [0.15, 0.2) is 66.2 Å². The number of terminal acetylenes is 1. The van der Waals surface area contributed by atoms with E-state index in [1.165, 1.54) is 11.4 Å². The van der Waals surface area contributed by atoms with Crippen LogP contribution in [-0.4, -0.2) is 71.4 Å². The molecule has 4 heterocycles. The van der Waals surface area contributed by atoms with E-state index in [9.17, 15) is 13.2 Å². The fourth-order valence-electron chi connectivity index (χ4n) is 4.40. The molecular weight excluding hydrogens is 492 g/mol. The summed E-state index contributed by atoms with van der Waals surface area (Å²) in [6, 6.07) is 10.1. The molecule has 0 saturated carbocycles. The highest BCUT2D eigenvalue weighted by atomic mass is 32.2. The van der Waals surface area contributed by atoms with Gasteiger partial charge in [0.05, 0.1) is 19.6 Å². The topological polar surface area (TPSA) is 121 Å². The van der Waals surface area contributed by atoms with Gasteiger partial charge in [-0.25, -0.2) is 18.4 Å². The minimum atomic E-state index is -3.87. The number of carbonyl (C=O) groups excluding carboxylic acids is 1. The molecule has 1 N–H and O–H groups in total. The number of fused-ring (bicyclic) bond motifs is 1. The van der Waals surface area contributed by atoms with Crippen molar-refractivity contribution in [2.75, 3.05) is 31.6 Å². The van der Waals surface area contributed by atoms with Crippen LogP contribution in [-0.2, 0) is 19.6 Å². The SMILES string of the molecule is C#Cc1ccc2[nH]c(S(=O)(=O)N3CCN(c4ncc(-c5ccncc5)cn4)C(CC(=O)OC)C3)cc2c1. The van der Waals surface area contributed by atoms with Gasteiger partial charge in [-0.15, -0.1) is 6.42 Å². The number of benzene rings is 1. The van der Waals surface area contributed by atoms with Gasteiger partial charge in [-0.2, -0.15) is 4.31 Å². The number of pyridine rings is 1. The van der Waals surface area contributed by atoms with Crippen LogP contribution in [0.4, 0.5) is 5.95 Å². The summed E-state index contributed by atoms with van der Waals surface area (Å²) >= 11 is 0. The predicted molar refractivity (Wildman–Crippen MR) is 138 cm³/mol. The van der Waals surface area contributed by atoms with Gasteiger partial charge in [0.2, 0.25) is 5.95 Å². The van der Waals surface area contributed by atoms with Crippen molar-refractivity contribution in [3.8, 4) is 23.5 Å². The van der Waals surface area contributed by atoms with Crippen LogP contribution < -0.4 is 4.90 Å². The molecule has 1 aliphatic rings. The van der Waals surface area contributed by atoms with Gasteiger partial charge in [0.25, 0.3) is 10.0 Å². The van der Waals surface area contributed by atoms with E-state index in [1.54, 1.807) is 49.1 Å². The molecule has 4 aromatic rings. The van der Waals surface area contributed by atoms with Gasteiger partial charge >= 0.3 is 5.97 Å². The Hall–Kier alpha value is -4.27. The van der Waals surface area contributed by atoms with Crippen LogP contribution in [0.3, 0.4) is 0 Å². The maximum atomic E-state index is 13.5. The number of anilines is 1. The quantitative estimate of drug-likeness (QED) is 0.306. The normalized spacial score (nSPS) is 16.4. The number of carbonyl (C=O) groups is 1. The Balaban J connectivity index is 1.41. The number of sulfonamides is 1. The van der Waals surface area contributed by atoms with Gasteiger partial charge < -0.3 is 14.6 Å². The molecule has 5 rings (SSSR count). The zero-order valence-electron chi connectivity index (χ0n) is 20.0. The number of rotatable bonds is 6. The number of ether oxygens (including phenoxy) is 1. The van der Waals surface area contributed by atoms with E-state index in [1.807, 2.05) is 17.0 Å². The van der Waals surface area contributed by atoms with Crippen LogP contribution in [0, 0.1) is 12.3 Å². The van der Waals surface area contributed by atoms with Crippen LogP contribution >= 0.6 is 0 Å². The third kappa shape index (κ3) is 4.89. The second kappa shape index (κ2) is 10.0. The summed E-state index contributed by atoms with van der Waals surface area (Å²) in [5.74, 6) is 2.52. The van der Waals surface area contributed by atoms with Gasteiger partial charge in [0, 0.05) is 66.5 Å². The molecule has 0 aliphatic carbocycles. The van der Waals surface area contributed by atoms with Crippen LogP contribution in [0.25, 0.3) is 22.0 Å². The Morgan fingerprint density at radius 2 is 1.89 bits per heavy atom. The summed E-state index contributed by atoms with van der Waals surface area (Å²) in [6.07, 6.45) is 12.2. The van der Waals surface area contributed by atoms with Gasteiger partial charge in [-0.05, 0) is 42.0 Å². The van der Waals surface area contributed by atoms with Crippen LogP contribution in [0.5, 0.6) is 0 Å². The molecule has 0 bridgehead atoms. The molecule has 10 nitrogen and oxygen atoms in total. The minimum Gasteiger partial charge on any atom is -0.469 e. The number of hydrogen-bond acceptors (Lipinski definition) is 8. The average molecular weight is 517 g/mol. The number of hydrogen-bond donors (Lipinski definition) is 1. The van der Waals surface area contributed by atoms with Crippen molar-refractivity contribution in [2.45, 2.75) is 17.5 Å². The van der Waals surface area contributed by atoms with Crippen molar-refractivity contribution in [1.29, 1.82) is 0 Å². The smallest absolute Gasteiger partial charge is 0.307 e. The fourth-order valence-corrected chi connectivity index (χ4v) is 5.88. The zero-order chi connectivity index (χ0) is 26.0. The van der Waals surface area contributed by atoms with Gasteiger partial charge in [-0.3, -0.25) is 9.78 Å². The lowest BCUT2D eigenvalue weighted by atomic mass is 10.1. The molecule has 1 aliphatic heterocycles. The summed E-state index contributed by atoms with van der Waals surface area (Å²) in [5.41, 5.74) is 3.09. The Bertz CT molecular complexity index is 1580. The molecular formula is C26H24N6O4S. The molecule has 1 fully saturated rings. The lowest BCUT2D eigenvalue weighted by molar-refractivity contribution is -0.141. The third-order valence-electron chi connectivity index (χ3n) is 6.36. The molecule has 188 valence electrons. The first-order chi connectivity index (χ1) is 17.9. The first-order valence-corrected chi connectivity index (χ1v) is 13.0. The van der Waals surface area contributed by atoms with Gasteiger partial charge in [0.1, 0.15) is 5.03 Å². The van der Waals surface area contributed by atoms with Gasteiger partial charge in [0.15, 0.2) is 0 Å². The summed E-state index contributed by atoms with van der Waals surface area (Å²) in [4.78, 5) is 30.1. The minimum absolute atomic E-state index is 0.0176. The molecule has 1 saturated heterocycles. The lowest BCUT2D eigenvalue weighted by Gasteiger charge is -2.40. The molecule has 37 heavy (non-hydrogen) atoms. The first-order valence-electron chi connectivity index (χ1n) is 11.5. The number of methoxy groups -OCH3 is 1. The second-order valence-corrected chi connectivity index (χ2v) is 10.5. The van der Waals surface area contributed by atoms with Gasteiger partial charge in [-0.1, -0.05) is 5.92 Å². The monoisotopic (exact) mass is 516 g/mol. The van der Waals surface area contributed by atoms with E-state index in [0.29, 0.717) is 29.0 Å². The Morgan fingerprint density at radius 1 is 1.14 bits per heavy atom. The molecule has 3 aromatic heterocycles. The summed E-state index contributed by atoms with van der Waals surface area (Å²) < 4.78 is 33.3. The molecule has 0 radical (unpaired) electrons. The Labute approximate surface area is 214 Å². The fraction of sp³-hybridized carbons (Fsp3) is 0.231. The summed E-state index contributed by atoms with van der Waals surface area (Å²) in [6.45, 7) is 0.565. The number of piperazine rings is 1. The number of H-pyrrole nitrogens is 1. The summed E-state index contributed by atoms with van der Waals surface area (Å²) in [7, 11) is -2.56. The third-order valence-corrected chi connectivity index (χ3v) is 8.15. The van der Waals surface area contributed by atoms with Crippen molar-refractivity contribution in [2.24, 2.45) is 0 Å². The number of nitrogens with one attached hydrogen (secondary N) is 1. The molecule has 0 spiro atoms. The van der Waals surface area contributed by atoms with Crippen molar-refractivity contribution in [3.63, 3.8) is 0 Å². The van der Waals surface area contributed by atoms with E-state index >= 15 is 0 Å². The Kier molecular flexibility index (Phi) is 6.60. The summed E-state index contributed by atoms with van der Waals surface area (Å²) in [5, 5.41) is 0.779. The first kappa shape index (κ1) is 24.4. The van der Waals surface area contributed by atoms with E-state index < -0.39 is 22.0 Å². The molecule has 1 atom stereocenters. The van der Waals surface area contributed by atoms with Crippen molar-refractivity contribution >= 4 is 32.8 Å². The number of nitrogens with zero attached hydrogens (tertiary/aromatic N) is 5. The maximum Gasteiger partial charge on any atom is 0.307 e. The molecule has 11 heteroatoms. The van der Waals surface area contributed by atoms with Crippen molar-refractivity contribution < 1.29 is 17.9 Å². The highest BCUT2D eigenvalue weighted by molar-refractivity contribution is 7.89. The Morgan fingerprint density at radius 3 is 2.59 bits per heavy atom. The van der Waals surface area contributed by atoms with E-state index in [2.05, 4.69) is 25.9 Å². The molecule has 1 aromatic carbocycles. The lowest BCUT2D eigenvalue weighted by Crippen LogP contribution is -2.56. The van der Waals surface area contributed by atoms with E-state index in [-0.39, 0.29) is 24.5 Å². The number of aromatic amines is 1. The predicted octanol–water partition coefficient (Wildman–Crippen LogP) is 2.44. The van der Waals surface area contributed by atoms with Crippen LogP contribution in [0.1, 0.15) is 12.0 Å². The number of esters is 1. The maximum absolute atomic E-state index is 13.5. The van der Waals surface area contributed by atoms with E-state index in [4.69, 9.17) is 11.2 Å². The standard InChI is InChI=1S/C26H24N6O4S/c1-3-18-4-5-23-20(12-18)13-24(30-23)37(34,35)31-10-11-32(22(17-31)14-25(33)36-2)26-28-15-21(16-29-26)19-6-8-27-9-7-19/h1,4-9,12-13,15-16,22,30H,10-11,14,17H2,2H3. The number of aromatic nitrogens is 4. The zero-order valence-corrected chi connectivity index (χ0v) is 20.9. The van der Waals surface area contributed by atoms with Crippen molar-refractivity contribution in [3.05, 3.63) is 66.7 Å². The van der Waals surface area contributed by atoms with E-state index in [0.717, 1.165) is 11.1 Å². The highest BCUT2D eigenvalue weighted by Gasteiger charge is 2.37. The largest absolute Gasteiger partial charge is 0.469 e. The highest BCUT2D eigenvalue weighted by Crippen LogP contribution is 2.27. The second-order valence-electron chi connectivity index (χ2n) is 8.58. The average Bonchev–Trinajstić information content (AvgIpc) is 3.38. The van der Waals surface area contributed by atoms with Crippen LogP contribution in [0.2, 0.25) is 0 Å².